The molecule has 0 radical (unpaired) electrons. The number of anilines is 1. The molecule has 102 valence electrons. The highest BCUT2D eigenvalue weighted by Crippen LogP contribution is 2.17. The summed E-state index contributed by atoms with van der Waals surface area (Å²) in [6.07, 6.45) is 1.44. The van der Waals surface area contributed by atoms with Gasteiger partial charge >= 0.3 is 0 Å². The van der Waals surface area contributed by atoms with E-state index < -0.39 is 17.2 Å². The first kappa shape index (κ1) is 13.7. The quantitative estimate of drug-likeness (QED) is 0.662. The summed E-state index contributed by atoms with van der Waals surface area (Å²) in [5.74, 6) is -1.47. The zero-order valence-electron chi connectivity index (χ0n) is 10.5. The number of aromatic nitrogens is 2. The molecule has 0 spiro atoms. The molecule has 2 N–H and O–H groups in total. The molecule has 0 saturated carbocycles. The molecular formula is C13H10F2N4O. The average Bonchev–Trinajstić information content (AvgIpc) is 2.39. The summed E-state index contributed by atoms with van der Waals surface area (Å²) in [5.41, 5.74) is -0.187. The molecule has 1 heterocycles. The van der Waals surface area contributed by atoms with E-state index in [2.05, 4.69) is 15.3 Å². The SMILES string of the molecule is Cc1c(Cc2c(F)cccc2F)nc(NC#N)[nH]c1=O. The largest absolute Gasteiger partial charge is 0.292 e. The van der Waals surface area contributed by atoms with Gasteiger partial charge in [0.1, 0.15) is 11.6 Å². The minimum atomic E-state index is -0.707. The molecule has 1 aromatic carbocycles. The van der Waals surface area contributed by atoms with Crippen molar-refractivity contribution in [3.05, 3.63) is 57.0 Å². The Morgan fingerprint density at radius 2 is 2.05 bits per heavy atom. The van der Waals surface area contributed by atoms with E-state index in [1.807, 2.05) is 0 Å². The van der Waals surface area contributed by atoms with Gasteiger partial charge in [-0.25, -0.2) is 13.8 Å². The summed E-state index contributed by atoms with van der Waals surface area (Å²) in [4.78, 5) is 18.0. The number of hydrogen-bond acceptors (Lipinski definition) is 4. The highest BCUT2D eigenvalue weighted by atomic mass is 19.1. The van der Waals surface area contributed by atoms with Gasteiger partial charge in [0.15, 0.2) is 6.19 Å². The number of H-pyrrole nitrogens is 1. The minimum Gasteiger partial charge on any atom is -0.292 e. The second-order valence-corrected chi connectivity index (χ2v) is 4.10. The molecule has 20 heavy (non-hydrogen) atoms. The maximum atomic E-state index is 13.6. The van der Waals surface area contributed by atoms with Crippen LogP contribution >= 0.6 is 0 Å². The van der Waals surface area contributed by atoms with Crippen molar-refractivity contribution in [1.82, 2.24) is 9.97 Å². The lowest BCUT2D eigenvalue weighted by molar-refractivity contribution is 0.560. The fourth-order valence-electron chi connectivity index (χ4n) is 1.73. The van der Waals surface area contributed by atoms with E-state index in [1.165, 1.54) is 13.0 Å². The lowest BCUT2D eigenvalue weighted by atomic mass is 10.1. The molecule has 0 unspecified atom stereocenters. The van der Waals surface area contributed by atoms with E-state index in [-0.39, 0.29) is 29.2 Å². The average molecular weight is 276 g/mol. The number of hydrogen-bond donors (Lipinski definition) is 2. The van der Waals surface area contributed by atoms with Gasteiger partial charge in [0.2, 0.25) is 5.95 Å². The Hall–Kier alpha value is -2.75. The van der Waals surface area contributed by atoms with Crippen LogP contribution in [0, 0.1) is 30.0 Å². The molecule has 0 aliphatic rings. The highest BCUT2D eigenvalue weighted by molar-refractivity contribution is 5.35. The number of aromatic amines is 1. The van der Waals surface area contributed by atoms with Crippen LogP contribution in [0.2, 0.25) is 0 Å². The van der Waals surface area contributed by atoms with Crippen molar-refractivity contribution in [3.8, 4) is 6.19 Å². The molecule has 2 rings (SSSR count). The minimum absolute atomic E-state index is 0.0603. The predicted molar refractivity (Wildman–Crippen MR) is 68.0 cm³/mol. The maximum absolute atomic E-state index is 13.6. The van der Waals surface area contributed by atoms with Gasteiger partial charge in [-0.05, 0) is 19.1 Å². The maximum Gasteiger partial charge on any atom is 0.255 e. The monoisotopic (exact) mass is 276 g/mol. The summed E-state index contributed by atoms with van der Waals surface area (Å²) in [7, 11) is 0. The van der Waals surface area contributed by atoms with Crippen LogP contribution in [0.4, 0.5) is 14.7 Å². The molecule has 0 aliphatic heterocycles. The lowest BCUT2D eigenvalue weighted by Gasteiger charge is -2.08. The van der Waals surface area contributed by atoms with Gasteiger partial charge in [-0.1, -0.05) is 6.07 Å². The van der Waals surface area contributed by atoms with E-state index in [9.17, 15) is 13.6 Å². The van der Waals surface area contributed by atoms with E-state index in [0.29, 0.717) is 0 Å². The van der Waals surface area contributed by atoms with Crippen molar-refractivity contribution >= 4 is 5.95 Å². The second kappa shape index (κ2) is 5.48. The van der Waals surface area contributed by atoms with E-state index >= 15 is 0 Å². The summed E-state index contributed by atoms with van der Waals surface area (Å²) >= 11 is 0. The van der Waals surface area contributed by atoms with Crippen LogP contribution in [0.25, 0.3) is 0 Å². The van der Waals surface area contributed by atoms with E-state index in [4.69, 9.17) is 5.26 Å². The van der Waals surface area contributed by atoms with Crippen LogP contribution in [0.15, 0.2) is 23.0 Å². The molecule has 0 saturated heterocycles. The van der Waals surface area contributed by atoms with Gasteiger partial charge in [0.25, 0.3) is 5.56 Å². The Labute approximate surface area is 112 Å². The molecular weight excluding hydrogens is 266 g/mol. The Balaban J connectivity index is 2.48. The van der Waals surface area contributed by atoms with Crippen molar-refractivity contribution in [2.75, 3.05) is 5.32 Å². The van der Waals surface area contributed by atoms with Crippen LogP contribution in [0.3, 0.4) is 0 Å². The Morgan fingerprint density at radius 1 is 1.40 bits per heavy atom. The number of rotatable bonds is 3. The van der Waals surface area contributed by atoms with Gasteiger partial charge in [0.05, 0.1) is 5.69 Å². The third kappa shape index (κ3) is 2.64. The molecule has 0 amide bonds. The first-order valence-electron chi connectivity index (χ1n) is 5.70. The number of nitrogens with one attached hydrogen (secondary N) is 2. The summed E-state index contributed by atoms with van der Waals surface area (Å²) in [6.45, 7) is 1.50. The Kier molecular flexibility index (Phi) is 3.75. The third-order valence-corrected chi connectivity index (χ3v) is 2.83. The van der Waals surface area contributed by atoms with E-state index in [0.717, 1.165) is 12.1 Å². The standard InChI is InChI=1S/C13H10F2N4O/c1-7-11(18-13(17-6-16)19-12(7)20)5-8-9(14)3-2-4-10(8)15/h2-4H,5H2,1H3,(H2,17,18,19,20). The number of halogens is 2. The van der Waals surface area contributed by atoms with Crippen molar-refractivity contribution < 1.29 is 8.78 Å². The number of nitrogens with zero attached hydrogens (tertiary/aromatic N) is 2. The zero-order valence-corrected chi connectivity index (χ0v) is 10.5. The van der Waals surface area contributed by atoms with Crippen LogP contribution in [-0.4, -0.2) is 9.97 Å². The number of benzene rings is 1. The highest BCUT2D eigenvalue weighted by Gasteiger charge is 2.14. The molecule has 0 bridgehead atoms. The molecule has 0 aliphatic carbocycles. The smallest absolute Gasteiger partial charge is 0.255 e. The normalized spacial score (nSPS) is 10.1. The van der Waals surface area contributed by atoms with Crippen molar-refractivity contribution in [1.29, 1.82) is 5.26 Å². The Bertz CT molecular complexity index is 729. The molecule has 7 heteroatoms. The van der Waals surface area contributed by atoms with Crippen LogP contribution in [-0.2, 0) is 6.42 Å². The molecule has 0 fully saturated rings. The first-order valence-corrected chi connectivity index (χ1v) is 5.70. The van der Waals surface area contributed by atoms with E-state index in [1.54, 1.807) is 6.19 Å². The zero-order chi connectivity index (χ0) is 14.7. The van der Waals surface area contributed by atoms with Gasteiger partial charge in [0, 0.05) is 17.5 Å². The first-order chi connectivity index (χ1) is 9.52. The molecule has 2 aromatic rings. The fourth-order valence-corrected chi connectivity index (χ4v) is 1.73. The van der Waals surface area contributed by atoms with Crippen molar-refractivity contribution in [3.63, 3.8) is 0 Å². The number of nitriles is 1. The lowest BCUT2D eigenvalue weighted by Crippen LogP contribution is -2.17. The molecule has 5 nitrogen and oxygen atoms in total. The summed E-state index contributed by atoms with van der Waals surface area (Å²) < 4.78 is 27.2. The molecule has 0 atom stereocenters. The van der Waals surface area contributed by atoms with Gasteiger partial charge < -0.3 is 0 Å². The summed E-state index contributed by atoms with van der Waals surface area (Å²) in [6, 6.07) is 3.53. The van der Waals surface area contributed by atoms with Gasteiger partial charge in [-0.3, -0.25) is 15.1 Å². The second-order valence-electron chi connectivity index (χ2n) is 4.10. The van der Waals surface area contributed by atoms with Crippen LogP contribution < -0.4 is 10.9 Å². The third-order valence-electron chi connectivity index (χ3n) is 2.83. The summed E-state index contributed by atoms with van der Waals surface area (Å²) in [5, 5.41) is 10.7. The van der Waals surface area contributed by atoms with Crippen LogP contribution in [0.1, 0.15) is 16.8 Å². The predicted octanol–water partition coefficient (Wildman–Crippen LogP) is 1.84. The Morgan fingerprint density at radius 3 is 2.65 bits per heavy atom. The van der Waals surface area contributed by atoms with Crippen molar-refractivity contribution in [2.24, 2.45) is 0 Å². The topological polar surface area (TPSA) is 81.6 Å². The van der Waals surface area contributed by atoms with Crippen molar-refractivity contribution in [2.45, 2.75) is 13.3 Å². The van der Waals surface area contributed by atoms with Gasteiger partial charge in [-0.2, -0.15) is 5.26 Å². The van der Waals surface area contributed by atoms with Crippen LogP contribution in [0.5, 0.6) is 0 Å². The fraction of sp³-hybridized carbons (Fsp3) is 0.154. The molecule has 1 aromatic heterocycles. The van der Waals surface area contributed by atoms with Gasteiger partial charge in [-0.15, -0.1) is 0 Å².